The Morgan fingerprint density at radius 2 is 2.00 bits per heavy atom. The van der Waals surface area contributed by atoms with E-state index in [0.29, 0.717) is 13.0 Å². The van der Waals surface area contributed by atoms with Gasteiger partial charge in [0.1, 0.15) is 11.4 Å². The lowest BCUT2D eigenvalue weighted by molar-refractivity contribution is 0.0734. The molecule has 120 valence electrons. The van der Waals surface area contributed by atoms with Crippen LogP contribution in [0.2, 0.25) is 0 Å². The van der Waals surface area contributed by atoms with E-state index in [1.165, 1.54) is 12.1 Å². The third kappa shape index (κ3) is 3.33. The average Bonchev–Trinajstić information content (AvgIpc) is 2.97. The van der Waals surface area contributed by atoms with Gasteiger partial charge in [-0.2, -0.15) is 0 Å². The van der Waals surface area contributed by atoms with Crippen molar-refractivity contribution in [2.24, 2.45) is 0 Å². The summed E-state index contributed by atoms with van der Waals surface area (Å²) in [4.78, 5) is 29.1. The Labute approximate surface area is 134 Å². The van der Waals surface area contributed by atoms with Gasteiger partial charge >= 0.3 is 0 Å². The van der Waals surface area contributed by atoms with Crippen molar-refractivity contribution in [1.29, 1.82) is 0 Å². The number of amides is 1. The number of aromatic amines is 1. The van der Waals surface area contributed by atoms with Crippen LogP contribution in [0.25, 0.3) is 0 Å². The van der Waals surface area contributed by atoms with Crippen molar-refractivity contribution in [1.82, 2.24) is 9.88 Å². The van der Waals surface area contributed by atoms with Crippen molar-refractivity contribution < 1.29 is 9.18 Å². The number of hydrogen-bond acceptors (Lipinski definition) is 2. The molecule has 1 unspecified atom stereocenters. The van der Waals surface area contributed by atoms with E-state index in [1.807, 2.05) is 0 Å². The van der Waals surface area contributed by atoms with E-state index in [1.54, 1.807) is 36.1 Å². The molecule has 1 aromatic carbocycles. The Morgan fingerprint density at radius 1 is 1.26 bits per heavy atom. The molecule has 23 heavy (non-hydrogen) atoms. The van der Waals surface area contributed by atoms with Gasteiger partial charge in [-0.3, -0.25) is 9.59 Å². The molecule has 2 aromatic rings. The van der Waals surface area contributed by atoms with E-state index in [4.69, 9.17) is 0 Å². The molecule has 1 atom stereocenters. The lowest BCUT2D eigenvalue weighted by Crippen LogP contribution is -2.39. The first-order valence-electron chi connectivity index (χ1n) is 7.80. The summed E-state index contributed by atoms with van der Waals surface area (Å²) < 4.78 is 13.0. The van der Waals surface area contributed by atoms with Crippen molar-refractivity contribution in [3.8, 4) is 0 Å². The summed E-state index contributed by atoms with van der Waals surface area (Å²) in [6, 6.07) is 9.73. The van der Waals surface area contributed by atoms with Gasteiger partial charge in [0.25, 0.3) is 11.5 Å². The summed E-state index contributed by atoms with van der Waals surface area (Å²) in [7, 11) is 0. The summed E-state index contributed by atoms with van der Waals surface area (Å²) in [6.07, 6.45) is 2.49. The van der Waals surface area contributed by atoms with Crippen LogP contribution in [-0.4, -0.2) is 28.4 Å². The van der Waals surface area contributed by atoms with Gasteiger partial charge in [-0.15, -0.1) is 0 Å². The van der Waals surface area contributed by atoms with Crippen LogP contribution in [0.4, 0.5) is 4.39 Å². The van der Waals surface area contributed by atoms with Gasteiger partial charge in [0.2, 0.25) is 0 Å². The highest BCUT2D eigenvalue weighted by molar-refractivity contribution is 5.94. The smallest absolute Gasteiger partial charge is 0.260 e. The number of likely N-dealkylation sites (tertiary alicyclic amines) is 1. The van der Waals surface area contributed by atoms with Crippen molar-refractivity contribution in [2.45, 2.75) is 32.2 Å². The van der Waals surface area contributed by atoms with Gasteiger partial charge in [-0.25, -0.2) is 4.39 Å². The lowest BCUT2D eigenvalue weighted by Gasteiger charge is -2.24. The summed E-state index contributed by atoms with van der Waals surface area (Å²) in [5, 5.41) is 0. The topological polar surface area (TPSA) is 53.2 Å². The predicted octanol–water partition coefficient (Wildman–Crippen LogP) is 2.67. The largest absolute Gasteiger partial charge is 0.335 e. The number of aromatic nitrogens is 1. The highest BCUT2D eigenvalue weighted by Crippen LogP contribution is 2.23. The molecule has 0 bridgehead atoms. The molecule has 1 saturated heterocycles. The summed E-state index contributed by atoms with van der Waals surface area (Å²) in [6.45, 7) is 2.43. The highest BCUT2D eigenvalue weighted by Gasteiger charge is 2.30. The van der Waals surface area contributed by atoms with Gasteiger partial charge in [0, 0.05) is 18.3 Å². The first-order chi connectivity index (χ1) is 11.0. The second-order valence-electron chi connectivity index (χ2n) is 6.01. The van der Waals surface area contributed by atoms with Crippen LogP contribution in [0.15, 0.2) is 41.2 Å². The minimum absolute atomic E-state index is 0.0497. The molecule has 1 aliphatic heterocycles. The second-order valence-corrected chi connectivity index (χ2v) is 6.01. The Hall–Kier alpha value is -2.43. The van der Waals surface area contributed by atoms with Crippen LogP contribution >= 0.6 is 0 Å². The normalized spacial score (nSPS) is 17.5. The first-order valence-corrected chi connectivity index (χ1v) is 7.80. The first kappa shape index (κ1) is 15.5. The van der Waals surface area contributed by atoms with E-state index in [9.17, 15) is 14.0 Å². The summed E-state index contributed by atoms with van der Waals surface area (Å²) >= 11 is 0. The number of pyridine rings is 1. The molecule has 1 N–H and O–H groups in total. The molecule has 1 amide bonds. The van der Waals surface area contributed by atoms with Crippen LogP contribution in [0.5, 0.6) is 0 Å². The van der Waals surface area contributed by atoms with E-state index in [0.717, 1.165) is 24.1 Å². The molecule has 5 heteroatoms. The second kappa shape index (κ2) is 6.36. The van der Waals surface area contributed by atoms with Gasteiger partial charge in [0.05, 0.1) is 0 Å². The minimum atomic E-state index is -0.345. The zero-order valence-electron chi connectivity index (χ0n) is 13.0. The third-order valence-corrected chi connectivity index (χ3v) is 4.31. The van der Waals surface area contributed by atoms with E-state index < -0.39 is 0 Å². The van der Waals surface area contributed by atoms with Crippen molar-refractivity contribution >= 4 is 5.91 Å². The number of aryl methyl sites for hydroxylation is 1. The van der Waals surface area contributed by atoms with Gasteiger partial charge < -0.3 is 9.88 Å². The molecule has 2 heterocycles. The molecule has 0 spiro atoms. The number of rotatable bonds is 3. The monoisotopic (exact) mass is 314 g/mol. The maximum atomic E-state index is 13.0. The van der Waals surface area contributed by atoms with Crippen molar-refractivity contribution in [3.05, 3.63) is 69.4 Å². The fourth-order valence-corrected chi connectivity index (χ4v) is 3.10. The molecule has 3 rings (SSSR count). The van der Waals surface area contributed by atoms with Crippen LogP contribution < -0.4 is 5.56 Å². The van der Waals surface area contributed by atoms with Crippen LogP contribution in [0, 0.1) is 12.7 Å². The molecule has 1 aliphatic rings. The van der Waals surface area contributed by atoms with Crippen molar-refractivity contribution in [2.75, 3.05) is 6.54 Å². The number of benzene rings is 1. The highest BCUT2D eigenvalue weighted by atomic mass is 19.1. The quantitative estimate of drug-likeness (QED) is 0.947. The van der Waals surface area contributed by atoms with Crippen LogP contribution in [0.3, 0.4) is 0 Å². The van der Waals surface area contributed by atoms with E-state index >= 15 is 0 Å². The molecule has 0 radical (unpaired) electrons. The Balaban J connectivity index is 1.79. The molecule has 1 fully saturated rings. The van der Waals surface area contributed by atoms with Crippen LogP contribution in [0.1, 0.15) is 34.5 Å². The molecule has 1 aromatic heterocycles. The van der Waals surface area contributed by atoms with E-state index in [2.05, 4.69) is 4.98 Å². The maximum absolute atomic E-state index is 13.0. The fourth-order valence-electron chi connectivity index (χ4n) is 3.10. The maximum Gasteiger partial charge on any atom is 0.260 e. The number of carbonyl (C=O) groups is 1. The summed E-state index contributed by atoms with van der Waals surface area (Å²) in [5.41, 5.74) is 1.56. The van der Waals surface area contributed by atoms with Gasteiger partial charge in [0.15, 0.2) is 0 Å². The standard InChI is InChI=1S/C18H19FN2O2/c1-12-4-9-16(17(22)20-12)18(23)21-10-2-3-15(21)11-13-5-7-14(19)8-6-13/h4-9,15H,2-3,10-11H2,1H3,(H,20,22). The number of H-pyrrole nitrogens is 1. The minimum Gasteiger partial charge on any atom is -0.335 e. The van der Waals surface area contributed by atoms with Crippen molar-refractivity contribution in [3.63, 3.8) is 0 Å². The lowest BCUT2D eigenvalue weighted by atomic mass is 10.0. The number of nitrogens with one attached hydrogen (secondary N) is 1. The zero-order chi connectivity index (χ0) is 16.4. The molecular weight excluding hydrogens is 295 g/mol. The number of hydrogen-bond donors (Lipinski definition) is 1. The Kier molecular flexibility index (Phi) is 4.28. The Morgan fingerprint density at radius 3 is 2.70 bits per heavy atom. The number of nitrogens with zero attached hydrogens (tertiary/aromatic N) is 1. The average molecular weight is 314 g/mol. The number of halogens is 1. The SMILES string of the molecule is Cc1ccc(C(=O)N2CCCC2Cc2ccc(F)cc2)c(=O)[nH]1. The third-order valence-electron chi connectivity index (χ3n) is 4.31. The Bertz CT molecular complexity index is 767. The fraction of sp³-hybridized carbons (Fsp3) is 0.333. The van der Waals surface area contributed by atoms with E-state index in [-0.39, 0.29) is 28.9 Å². The van der Waals surface area contributed by atoms with Gasteiger partial charge in [-0.1, -0.05) is 12.1 Å². The molecule has 4 nitrogen and oxygen atoms in total. The molecule has 0 aliphatic carbocycles. The van der Waals surface area contributed by atoms with Crippen LogP contribution in [-0.2, 0) is 6.42 Å². The van der Waals surface area contributed by atoms with Gasteiger partial charge in [-0.05, 0) is 56.0 Å². The number of carbonyl (C=O) groups excluding carboxylic acids is 1. The zero-order valence-corrected chi connectivity index (χ0v) is 13.0. The molecular formula is C18H19FN2O2. The summed E-state index contributed by atoms with van der Waals surface area (Å²) in [5.74, 6) is -0.491. The predicted molar refractivity (Wildman–Crippen MR) is 86.0 cm³/mol. The molecule has 0 saturated carbocycles.